The molecule has 19 heavy (non-hydrogen) atoms. The molecule has 0 radical (unpaired) electrons. The molecule has 0 aromatic heterocycles. The average Bonchev–Trinajstić information content (AvgIpc) is 2.36. The molecule has 0 bridgehead atoms. The van der Waals surface area contributed by atoms with E-state index in [1.807, 2.05) is 37.8 Å². The van der Waals surface area contributed by atoms with Crippen LogP contribution in [0, 0.1) is 32.7 Å². The first-order valence-electron chi connectivity index (χ1n) is 6.54. The maximum Gasteiger partial charge on any atom is 0.238 e. The molecular weight excluding hydrogens is 238 g/mol. The van der Waals surface area contributed by atoms with Crippen LogP contribution in [0.5, 0.6) is 0 Å². The van der Waals surface area contributed by atoms with Gasteiger partial charge in [0.25, 0.3) is 0 Å². The first-order chi connectivity index (χ1) is 9.08. The number of Topliss-reactive ketones (excluding diaryl/α,β-unsaturated/α-hetero) is 1. The van der Waals surface area contributed by atoms with Crippen LogP contribution in [0.3, 0.4) is 0 Å². The third-order valence-corrected chi connectivity index (χ3v) is 3.24. The lowest BCUT2D eigenvalue weighted by atomic mass is 9.97. The van der Waals surface area contributed by atoms with Gasteiger partial charge in [0.2, 0.25) is 5.78 Å². The lowest BCUT2D eigenvalue weighted by molar-refractivity contribution is 0.0637. The molecule has 0 atom stereocenters. The van der Waals surface area contributed by atoms with E-state index in [2.05, 4.69) is 12.0 Å². The molecule has 1 heterocycles. The van der Waals surface area contributed by atoms with E-state index in [1.54, 1.807) is 0 Å². The number of ether oxygens (including phenoxy) is 1. The van der Waals surface area contributed by atoms with Gasteiger partial charge in [-0.1, -0.05) is 17.7 Å². The van der Waals surface area contributed by atoms with Crippen molar-refractivity contribution >= 4 is 5.78 Å². The predicted molar refractivity (Wildman–Crippen MR) is 75.2 cm³/mol. The van der Waals surface area contributed by atoms with E-state index in [9.17, 15) is 4.79 Å². The Kier molecular flexibility index (Phi) is 4.24. The number of hydrogen-bond donors (Lipinski definition) is 0. The summed E-state index contributed by atoms with van der Waals surface area (Å²) in [6, 6.07) is 6.99. The first-order valence-corrected chi connectivity index (χ1v) is 6.54. The molecule has 0 spiro atoms. The zero-order valence-electron chi connectivity index (χ0n) is 11.7. The van der Waals surface area contributed by atoms with Crippen molar-refractivity contribution in [3.05, 3.63) is 34.4 Å². The Morgan fingerprint density at radius 3 is 2.32 bits per heavy atom. The van der Waals surface area contributed by atoms with Crippen LogP contribution in [-0.4, -0.2) is 37.0 Å². The minimum absolute atomic E-state index is 0.0958. The van der Waals surface area contributed by atoms with Crippen LogP contribution in [-0.2, 0) is 4.74 Å². The van der Waals surface area contributed by atoms with Gasteiger partial charge in [-0.15, -0.1) is 0 Å². The van der Waals surface area contributed by atoms with Gasteiger partial charge >= 0.3 is 0 Å². The van der Waals surface area contributed by atoms with Crippen molar-refractivity contribution in [3.63, 3.8) is 0 Å². The Morgan fingerprint density at radius 2 is 1.74 bits per heavy atom. The molecular formula is C16H19NO2. The van der Waals surface area contributed by atoms with Gasteiger partial charge < -0.3 is 9.64 Å². The SMILES string of the molecule is Cc1cc(C)c(C(=O)C#CN2CCOCC2)c(C)c1. The summed E-state index contributed by atoms with van der Waals surface area (Å²) in [5.41, 5.74) is 3.91. The molecule has 0 aliphatic carbocycles. The number of aryl methyl sites for hydroxylation is 3. The summed E-state index contributed by atoms with van der Waals surface area (Å²) < 4.78 is 5.25. The Labute approximate surface area is 114 Å². The standard InChI is InChI=1S/C16H19NO2/c1-12-10-13(2)16(14(3)11-12)15(18)4-5-17-6-8-19-9-7-17/h10-11H,6-9H2,1-3H3. The summed E-state index contributed by atoms with van der Waals surface area (Å²) in [6.07, 6.45) is 0. The van der Waals surface area contributed by atoms with Gasteiger partial charge in [-0.05, 0) is 37.8 Å². The fourth-order valence-corrected chi connectivity index (χ4v) is 2.41. The third-order valence-electron chi connectivity index (χ3n) is 3.24. The van der Waals surface area contributed by atoms with Crippen LogP contribution >= 0.6 is 0 Å². The molecule has 0 N–H and O–H groups in total. The number of ketones is 1. The lowest BCUT2D eigenvalue weighted by Crippen LogP contribution is -2.32. The zero-order chi connectivity index (χ0) is 13.8. The van der Waals surface area contributed by atoms with Crippen molar-refractivity contribution in [2.45, 2.75) is 20.8 Å². The second kappa shape index (κ2) is 5.90. The van der Waals surface area contributed by atoms with Crippen molar-refractivity contribution in [1.82, 2.24) is 4.90 Å². The van der Waals surface area contributed by atoms with Gasteiger partial charge in [-0.25, -0.2) is 0 Å². The van der Waals surface area contributed by atoms with Gasteiger partial charge in [0.15, 0.2) is 0 Å². The molecule has 3 heteroatoms. The summed E-state index contributed by atoms with van der Waals surface area (Å²) in [6.45, 7) is 8.87. The van der Waals surface area contributed by atoms with Gasteiger partial charge in [-0.2, -0.15) is 0 Å². The molecule has 0 amide bonds. The summed E-state index contributed by atoms with van der Waals surface area (Å²) in [5.74, 6) is 2.66. The van der Waals surface area contributed by atoms with E-state index < -0.39 is 0 Å². The quantitative estimate of drug-likeness (QED) is 0.570. The Bertz CT molecular complexity index is 523. The van der Waals surface area contributed by atoms with Crippen molar-refractivity contribution < 1.29 is 9.53 Å². The van der Waals surface area contributed by atoms with E-state index in [1.165, 1.54) is 5.56 Å². The van der Waals surface area contributed by atoms with Crippen LogP contribution in [0.4, 0.5) is 0 Å². The van der Waals surface area contributed by atoms with Crippen LogP contribution < -0.4 is 0 Å². The second-order valence-corrected chi connectivity index (χ2v) is 4.94. The minimum atomic E-state index is -0.0958. The fourth-order valence-electron chi connectivity index (χ4n) is 2.41. The number of benzene rings is 1. The molecule has 0 unspecified atom stereocenters. The van der Waals surface area contributed by atoms with E-state index in [0.29, 0.717) is 13.2 Å². The molecule has 1 saturated heterocycles. The normalized spacial score (nSPS) is 14.8. The maximum absolute atomic E-state index is 12.2. The Morgan fingerprint density at radius 1 is 1.16 bits per heavy atom. The van der Waals surface area contributed by atoms with Gasteiger partial charge in [0, 0.05) is 24.7 Å². The summed E-state index contributed by atoms with van der Waals surface area (Å²) >= 11 is 0. The van der Waals surface area contributed by atoms with Gasteiger partial charge in [0.05, 0.1) is 13.2 Å². The number of morpholine rings is 1. The summed E-state index contributed by atoms with van der Waals surface area (Å²) in [4.78, 5) is 14.2. The zero-order valence-corrected chi connectivity index (χ0v) is 11.7. The average molecular weight is 257 g/mol. The van der Waals surface area contributed by atoms with Crippen molar-refractivity contribution in [2.24, 2.45) is 0 Å². The van der Waals surface area contributed by atoms with E-state index in [-0.39, 0.29) is 5.78 Å². The van der Waals surface area contributed by atoms with E-state index in [4.69, 9.17) is 4.74 Å². The predicted octanol–water partition coefficient (Wildman–Crippen LogP) is 2.09. The molecule has 2 rings (SSSR count). The Balaban J connectivity index is 2.18. The van der Waals surface area contributed by atoms with E-state index >= 15 is 0 Å². The van der Waals surface area contributed by atoms with Crippen LogP contribution in [0.15, 0.2) is 12.1 Å². The maximum atomic E-state index is 12.2. The monoisotopic (exact) mass is 257 g/mol. The lowest BCUT2D eigenvalue weighted by Gasteiger charge is -2.22. The van der Waals surface area contributed by atoms with Crippen LogP contribution in [0.2, 0.25) is 0 Å². The van der Waals surface area contributed by atoms with Crippen molar-refractivity contribution in [3.8, 4) is 12.0 Å². The van der Waals surface area contributed by atoms with Gasteiger partial charge in [0.1, 0.15) is 0 Å². The number of carbonyl (C=O) groups excluding carboxylic acids is 1. The second-order valence-electron chi connectivity index (χ2n) is 4.94. The molecule has 100 valence electrons. The molecule has 3 nitrogen and oxygen atoms in total. The largest absolute Gasteiger partial charge is 0.378 e. The molecule has 1 aromatic rings. The third kappa shape index (κ3) is 3.36. The van der Waals surface area contributed by atoms with Crippen molar-refractivity contribution in [2.75, 3.05) is 26.3 Å². The highest BCUT2D eigenvalue weighted by Crippen LogP contribution is 2.16. The fraction of sp³-hybridized carbons (Fsp3) is 0.438. The minimum Gasteiger partial charge on any atom is -0.378 e. The van der Waals surface area contributed by atoms with Gasteiger partial charge in [-0.3, -0.25) is 4.79 Å². The molecule has 0 saturated carbocycles. The topological polar surface area (TPSA) is 29.5 Å². The molecule has 1 aliphatic heterocycles. The Hall–Kier alpha value is -1.79. The summed E-state index contributed by atoms with van der Waals surface area (Å²) in [5, 5.41) is 0. The number of nitrogens with zero attached hydrogens (tertiary/aromatic N) is 1. The molecule has 1 aliphatic rings. The molecule has 1 aromatic carbocycles. The summed E-state index contributed by atoms with van der Waals surface area (Å²) in [7, 11) is 0. The van der Waals surface area contributed by atoms with E-state index in [0.717, 1.165) is 29.8 Å². The smallest absolute Gasteiger partial charge is 0.238 e. The highest BCUT2D eigenvalue weighted by molar-refractivity contribution is 6.10. The highest BCUT2D eigenvalue weighted by Gasteiger charge is 2.11. The van der Waals surface area contributed by atoms with Crippen LogP contribution in [0.25, 0.3) is 0 Å². The van der Waals surface area contributed by atoms with Crippen molar-refractivity contribution in [1.29, 1.82) is 0 Å². The number of rotatable bonds is 1. The number of carbonyl (C=O) groups is 1. The molecule has 1 fully saturated rings. The highest BCUT2D eigenvalue weighted by atomic mass is 16.5. The number of hydrogen-bond acceptors (Lipinski definition) is 3. The van der Waals surface area contributed by atoms with Crippen LogP contribution in [0.1, 0.15) is 27.0 Å². The first kappa shape index (κ1) is 13.6.